The fourth-order valence-electron chi connectivity index (χ4n) is 1.88. The molecule has 0 atom stereocenters. The van der Waals surface area contributed by atoms with Crippen LogP contribution in [0.3, 0.4) is 0 Å². The molecule has 0 radical (unpaired) electrons. The van der Waals surface area contributed by atoms with E-state index in [9.17, 15) is 0 Å². The Bertz CT molecular complexity index is 514. The summed E-state index contributed by atoms with van der Waals surface area (Å²) in [6, 6.07) is 12.6. The summed E-state index contributed by atoms with van der Waals surface area (Å²) in [5.41, 5.74) is 1.32. The number of nitrogens with one attached hydrogen (secondary N) is 1. The van der Waals surface area contributed by atoms with Gasteiger partial charge in [-0.1, -0.05) is 32.9 Å². The number of ether oxygens (including phenoxy) is 1. The Kier molecular flexibility index (Phi) is 5.24. The number of furan rings is 1. The standard InChI is InChI=1S/C17H23NO2/c1-4-14-5-7-15(8-6-14)19-12-17-10-9-16(20-17)11-18-13(2)3/h5-10,13,18H,4,11-12H2,1-3H3. The fourth-order valence-corrected chi connectivity index (χ4v) is 1.88. The highest BCUT2D eigenvalue weighted by Crippen LogP contribution is 2.16. The minimum absolute atomic E-state index is 0.455. The SMILES string of the molecule is CCc1ccc(OCc2ccc(CNC(C)C)o2)cc1. The molecule has 0 bridgehead atoms. The number of hydrogen-bond acceptors (Lipinski definition) is 3. The van der Waals surface area contributed by atoms with E-state index in [1.807, 2.05) is 24.3 Å². The van der Waals surface area contributed by atoms with Gasteiger partial charge in [-0.25, -0.2) is 0 Å². The van der Waals surface area contributed by atoms with Crippen LogP contribution in [0.1, 0.15) is 37.9 Å². The first-order valence-corrected chi connectivity index (χ1v) is 7.20. The Balaban J connectivity index is 1.84. The maximum absolute atomic E-state index is 5.72. The molecule has 0 fully saturated rings. The Morgan fingerprint density at radius 3 is 2.40 bits per heavy atom. The average molecular weight is 273 g/mol. The smallest absolute Gasteiger partial charge is 0.146 e. The maximum Gasteiger partial charge on any atom is 0.146 e. The molecule has 108 valence electrons. The molecule has 2 rings (SSSR count). The van der Waals surface area contributed by atoms with Crippen molar-refractivity contribution in [2.24, 2.45) is 0 Å². The summed E-state index contributed by atoms with van der Waals surface area (Å²) in [4.78, 5) is 0. The van der Waals surface area contributed by atoms with E-state index >= 15 is 0 Å². The minimum atomic E-state index is 0.455. The second-order valence-electron chi connectivity index (χ2n) is 5.19. The van der Waals surface area contributed by atoms with Crippen LogP contribution in [-0.2, 0) is 19.6 Å². The minimum Gasteiger partial charge on any atom is -0.486 e. The average Bonchev–Trinajstić information content (AvgIpc) is 2.91. The van der Waals surface area contributed by atoms with Gasteiger partial charge in [0.1, 0.15) is 23.9 Å². The highest BCUT2D eigenvalue weighted by Gasteiger charge is 2.04. The van der Waals surface area contributed by atoms with E-state index in [0.717, 1.165) is 30.2 Å². The number of aryl methyl sites for hydroxylation is 1. The molecule has 0 unspecified atom stereocenters. The first kappa shape index (κ1) is 14.7. The van der Waals surface area contributed by atoms with Gasteiger partial charge in [0.05, 0.1) is 6.54 Å². The van der Waals surface area contributed by atoms with Gasteiger partial charge in [0.25, 0.3) is 0 Å². The third-order valence-electron chi connectivity index (χ3n) is 3.11. The van der Waals surface area contributed by atoms with Gasteiger partial charge in [0, 0.05) is 6.04 Å². The first-order chi connectivity index (χ1) is 9.67. The summed E-state index contributed by atoms with van der Waals surface area (Å²) in [6.45, 7) is 7.60. The predicted molar refractivity (Wildman–Crippen MR) is 80.8 cm³/mol. The van der Waals surface area contributed by atoms with Crippen LogP contribution in [-0.4, -0.2) is 6.04 Å². The molecule has 20 heavy (non-hydrogen) atoms. The summed E-state index contributed by atoms with van der Waals surface area (Å²) in [6.07, 6.45) is 1.05. The molecule has 1 N–H and O–H groups in total. The molecular weight excluding hydrogens is 250 g/mol. The maximum atomic E-state index is 5.72. The summed E-state index contributed by atoms with van der Waals surface area (Å²) in [5, 5.41) is 3.33. The number of hydrogen-bond donors (Lipinski definition) is 1. The van der Waals surface area contributed by atoms with E-state index in [1.54, 1.807) is 0 Å². The molecule has 0 aliphatic carbocycles. The summed E-state index contributed by atoms with van der Waals surface area (Å²) in [7, 11) is 0. The lowest BCUT2D eigenvalue weighted by molar-refractivity contribution is 0.264. The van der Waals surface area contributed by atoms with Gasteiger partial charge >= 0.3 is 0 Å². The van der Waals surface area contributed by atoms with E-state index in [1.165, 1.54) is 5.56 Å². The molecule has 0 aliphatic heterocycles. The van der Waals surface area contributed by atoms with Crippen LogP contribution in [0.2, 0.25) is 0 Å². The zero-order chi connectivity index (χ0) is 14.4. The summed E-state index contributed by atoms with van der Waals surface area (Å²) < 4.78 is 11.4. The number of benzene rings is 1. The van der Waals surface area contributed by atoms with Gasteiger partial charge in [0.2, 0.25) is 0 Å². The van der Waals surface area contributed by atoms with Crippen molar-refractivity contribution in [3.8, 4) is 5.75 Å². The molecule has 0 saturated heterocycles. The number of rotatable bonds is 7. The second kappa shape index (κ2) is 7.15. The van der Waals surface area contributed by atoms with Crippen LogP contribution in [0.15, 0.2) is 40.8 Å². The van der Waals surface area contributed by atoms with Crippen molar-refractivity contribution >= 4 is 0 Å². The molecule has 0 spiro atoms. The van der Waals surface area contributed by atoms with E-state index in [2.05, 4.69) is 38.2 Å². The zero-order valence-electron chi connectivity index (χ0n) is 12.5. The Hall–Kier alpha value is -1.74. The van der Waals surface area contributed by atoms with Crippen LogP contribution in [0.25, 0.3) is 0 Å². The fraction of sp³-hybridized carbons (Fsp3) is 0.412. The lowest BCUT2D eigenvalue weighted by Crippen LogP contribution is -2.21. The van der Waals surface area contributed by atoms with Crippen molar-refractivity contribution in [3.63, 3.8) is 0 Å². The normalized spacial score (nSPS) is 11.0. The topological polar surface area (TPSA) is 34.4 Å². The van der Waals surface area contributed by atoms with Crippen molar-refractivity contribution in [3.05, 3.63) is 53.5 Å². The Labute approximate surface area is 121 Å². The highest BCUT2D eigenvalue weighted by molar-refractivity contribution is 5.27. The molecule has 3 heteroatoms. The third-order valence-corrected chi connectivity index (χ3v) is 3.11. The van der Waals surface area contributed by atoms with Gasteiger partial charge in [0.15, 0.2) is 0 Å². The van der Waals surface area contributed by atoms with Gasteiger partial charge < -0.3 is 14.5 Å². The van der Waals surface area contributed by atoms with Gasteiger partial charge in [-0.2, -0.15) is 0 Å². The second-order valence-corrected chi connectivity index (χ2v) is 5.19. The molecule has 1 heterocycles. The molecular formula is C17H23NO2. The van der Waals surface area contributed by atoms with Crippen LogP contribution < -0.4 is 10.1 Å². The van der Waals surface area contributed by atoms with Crippen molar-refractivity contribution in [2.45, 2.75) is 46.4 Å². The molecule has 0 amide bonds. The summed E-state index contributed by atoms with van der Waals surface area (Å²) >= 11 is 0. The Morgan fingerprint density at radius 2 is 1.75 bits per heavy atom. The van der Waals surface area contributed by atoms with E-state index < -0.39 is 0 Å². The van der Waals surface area contributed by atoms with Gasteiger partial charge in [-0.3, -0.25) is 0 Å². The van der Waals surface area contributed by atoms with Crippen LogP contribution in [0, 0.1) is 0 Å². The van der Waals surface area contributed by atoms with Crippen molar-refractivity contribution in [1.29, 1.82) is 0 Å². The van der Waals surface area contributed by atoms with E-state index in [0.29, 0.717) is 12.6 Å². The van der Waals surface area contributed by atoms with Crippen LogP contribution >= 0.6 is 0 Å². The molecule has 1 aromatic carbocycles. The first-order valence-electron chi connectivity index (χ1n) is 7.20. The molecule has 0 saturated carbocycles. The van der Waals surface area contributed by atoms with Crippen LogP contribution in [0.4, 0.5) is 0 Å². The van der Waals surface area contributed by atoms with Gasteiger partial charge in [-0.15, -0.1) is 0 Å². The quantitative estimate of drug-likeness (QED) is 0.830. The molecule has 2 aromatic rings. The van der Waals surface area contributed by atoms with Crippen molar-refractivity contribution < 1.29 is 9.15 Å². The highest BCUT2D eigenvalue weighted by atomic mass is 16.5. The summed E-state index contributed by atoms with van der Waals surface area (Å²) in [5.74, 6) is 2.67. The largest absolute Gasteiger partial charge is 0.486 e. The van der Waals surface area contributed by atoms with Crippen molar-refractivity contribution in [2.75, 3.05) is 0 Å². The zero-order valence-corrected chi connectivity index (χ0v) is 12.5. The molecule has 3 nitrogen and oxygen atoms in total. The van der Waals surface area contributed by atoms with E-state index in [-0.39, 0.29) is 0 Å². The Morgan fingerprint density at radius 1 is 1.05 bits per heavy atom. The van der Waals surface area contributed by atoms with Gasteiger partial charge in [-0.05, 0) is 36.2 Å². The third kappa shape index (κ3) is 4.42. The van der Waals surface area contributed by atoms with Crippen LogP contribution in [0.5, 0.6) is 5.75 Å². The predicted octanol–water partition coefficient (Wildman–Crippen LogP) is 3.92. The van der Waals surface area contributed by atoms with Crippen molar-refractivity contribution in [1.82, 2.24) is 5.32 Å². The lowest BCUT2D eigenvalue weighted by Gasteiger charge is -2.06. The van der Waals surface area contributed by atoms with E-state index in [4.69, 9.17) is 9.15 Å². The lowest BCUT2D eigenvalue weighted by atomic mass is 10.2. The monoisotopic (exact) mass is 273 g/mol. The molecule has 0 aliphatic rings. The molecule has 1 aromatic heterocycles.